The number of anilines is 1. The molecule has 1 aliphatic carbocycles. The lowest BCUT2D eigenvalue weighted by Gasteiger charge is -2.20. The van der Waals surface area contributed by atoms with Crippen molar-refractivity contribution in [3.8, 4) is 0 Å². The summed E-state index contributed by atoms with van der Waals surface area (Å²) in [5, 5.41) is 23.7. The molecule has 0 unspecified atom stereocenters. The van der Waals surface area contributed by atoms with E-state index in [1.54, 1.807) is 48.8 Å². The van der Waals surface area contributed by atoms with Gasteiger partial charge in [-0.15, -0.1) is 0 Å². The minimum Gasteiger partial charge on any atom is -0.872 e. The van der Waals surface area contributed by atoms with Gasteiger partial charge in [-0.2, -0.15) is 0 Å². The van der Waals surface area contributed by atoms with Gasteiger partial charge in [0.1, 0.15) is 0 Å². The lowest BCUT2D eigenvalue weighted by molar-refractivity contribution is -0.244. The Balaban J connectivity index is 2.02. The van der Waals surface area contributed by atoms with Crippen LogP contribution in [0.4, 0.5) is 5.95 Å². The Bertz CT molecular complexity index is 853. The third-order valence-corrected chi connectivity index (χ3v) is 3.47. The van der Waals surface area contributed by atoms with Crippen molar-refractivity contribution in [2.24, 2.45) is 0 Å². The van der Waals surface area contributed by atoms with E-state index in [9.17, 15) is 5.11 Å². The molecule has 1 aliphatic rings. The molecule has 120 valence electrons. The lowest BCUT2D eigenvalue weighted by atomic mass is 9.95. The van der Waals surface area contributed by atoms with Gasteiger partial charge in [0, 0.05) is 30.7 Å². The Labute approximate surface area is 139 Å². The Morgan fingerprint density at radius 1 is 1.25 bits per heavy atom. The van der Waals surface area contributed by atoms with E-state index in [2.05, 4.69) is 20.3 Å². The molecule has 0 radical (unpaired) electrons. The summed E-state index contributed by atoms with van der Waals surface area (Å²) in [7, 11) is 0. The van der Waals surface area contributed by atoms with Gasteiger partial charge >= 0.3 is 0 Å². The number of aromatic nitrogens is 3. The summed E-state index contributed by atoms with van der Waals surface area (Å²) in [6.45, 7) is 2.69. The summed E-state index contributed by atoms with van der Waals surface area (Å²) in [4.78, 5) is 12.5. The average Bonchev–Trinajstić information content (AvgIpc) is 2.63. The van der Waals surface area contributed by atoms with E-state index in [-0.39, 0.29) is 11.5 Å². The van der Waals surface area contributed by atoms with Gasteiger partial charge in [0.25, 0.3) is 0 Å². The van der Waals surface area contributed by atoms with E-state index in [1.807, 2.05) is 6.92 Å². The monoisotopic (exact) mass is 318 g/mol. The van der Waals surface area contributed by atoms with E-state index in [4.69, 9.17) is 5.41 Å². The van der Waals surface area contributed by atoms with Gasteiger partial charge in [0.15, 0.2) is 0 Å². The third kappa shape index (κ3) is 3.22. The molecule has 6 heteroatoms. The van der Waals surface area contributed by atoms with Gasteiger partial charge in [-0.25, -0.2) is 9.97 Å². The van der Waals surface area contributed by atoms with Crippen LogP contribution in [0.1, 0.15) is 18.2 Å². The second kappa shape index (κ2) is 6.87. The van der Waals surface area contributed by atoms with Crippen LogP contribution in [-0.2, 0) is 0 Å². The molecule has 2 aromatic rings. The molecule has 2 heterocycles. The molecule has 0 saturated heterocycles. The molecule has 0 aliphatic heterocycles. The largest absolute Gasteiger partial charge is 0.872 e. The summed E-state index contributed by atoms with van der Waals surface area (Å²) in [5.41, 5.74) is 2.41. The first-order valence-electron chi connectivity index (χ1n) is 7.56. The number of hydrogen-bond acceptors (Lipinski definition) is 6. The van der Waals surface area contributed by atoms with Gasteiger partial charge in [0.05, 0.1) is 11.4 Å². The van der Waals surface area contributed by atoms with E-state index in [1.165, 1.54) is 6.20 Å². The van der Waals surface area contributed by atoms with Gasteiger partial charge in [-0.1, -0.05) is 17.9 Å². The van der Waals surface area contributed by atoms with Crippen molar-refractivity contribution in [1.29, 1.82) is 5.41 Å². The van der Waals surface area contributed by atoms with Crippen LogP contribution in [0.15, 0.2) is 60.6 Å². The molecule has 0 atom stereocenters. The first-order valence-corrected chi connectivity index (χ1v) is 7.56. The van der Waals surface area contributed by atoms with Gasteiger partial charge in [-0.3, -0.25) is 4.98 Å². The van der Waals surface area contributed by atoms with Crippen LogP contribution in [0, 0.1) is 5.41 Å². The van der Waals surface area contributed by atoms with Crippen molar-refractivity contribution in [2.75, 3.05) is 11.9 Å². The predicted octanol–water partition coefficient (Wildman–Crippen LogP) is 2.05. The van der Waals surface area contributed by atoms with Crippen LogP contribution >= 0.6 is 0 Å². The highest BCUT2D eigenvalue weighted by atomic mass is 16.3. The molecule has 0 saturated carbocycles. The molecular weight excluding hydrogens is 302 g/mol. The number of nitrogens with one attached hydrogen (secondary N) is 2. The molecule has 0 bridgehead atoms. The van der Waals surface area contributed by atoms with Crippen molar-refractivity contribution < 1.29 is 5.11 Å². The fraction of sp³-hybridized carbons (Fsp3) is 0.111. The zero-order chi connectivity index (χ0) is 16.9. The van der Waals surface area contributed by atoms with E-state index in [0.717, 1.165) is 12.1 Å². The highest BCUT2D eigenvalue weighted by Gasteiger charge is 2.12. The minimum atomic E-state index is -0.226. The first-order chi connectivity index (χ1) is 11.7. The minimum absolute atomic E-state index is 0.175. The maximum absolute atomic E-state index is 12.6. The second-order valence-corrected chi connectivity index (χ2v) is 5.13. The maximum Gasteiger partial charge on any atom is 0.223 e. The van der Waals surface area contributed by atoms with Gasteiger partial charge < -0.3 is 15.8 Å². The van der Waals surface area contributed by atoms with Crippen molar-refractivity contribution >= 4 is 23.0 Å². The number of rotatable bonds is 4. The second-order valence-electron chi connectivity index (χ2n) is 5.13. The van der Waals surface area contributed by atoms with Crippen LogP contribution in [0.3, 0.4) is 0 Å². The molecule has 0 aromatic carbocycles. The highest BCUT2D eigenvalue weighted by molar-refractivity contribution is 6.16. The molecule has 2 aromatic heterocycles. The zero-order valence-corrected chi connectivity index (χ0v) is 13.2. The molecule has 0 amide bonds. The van der Waals surface area contributed by atoms with E-state index >= 15 is 0 Å². The summed E-state index contributed by atoms with van der Waals surface area (Å²) in [6.07, 6.45) is 9.85. The lowest BCUT2D eigenvalue weighted by Crippen LogP contribution is -2.13. The van der Waals surface area contributed by atoms with E-state index in [0.29, 0.717) is 22.8 Å². The third-order valence-electron chi connectivity index (χ3n) is 3.47. The Morgan fingerprint density at radius 3 is 2.88 bits per heavy atom. The average molecular weight is 318 g/mol. The van der Waals surface area contributed by atoms with Crippen LogP contribution < -0.4 is 10.4 Å². The standard InChI is InChI=1S/C18H17N5O/c1-2-21-18-22-9-7-16(23-18)12-5-6-15(19)14(10-12)17(24)13-4-3-8-20-11-13/h3-11,19,24H,2H2,1H3,(H,21,22,23)/p-1/b17-14-,19-15?. The van der Waals surface area contributed by atoms with Crippen LogP contribution in [-0.4, -0.2) is 27.2 Å². The number of nitrogens with zero attached hydrogens (tertiary/aromatic N) is 3. The smallest absolute Gasteiger partial charge is 0.223 e. The quantitative estimate of drug-likeness (QED) is 0.841. The van der Waals surface area contributed by atoms with Crippen LogP contribution in [0.2, 0.25) is 0 Å². The highest BCUT2D eigenvalue weighted by Crippen LogP contribution is 2.25. The fourth-order valence-electron chi connectivity index (χ4n) is 2.31. The summed E-state index contributed by atoms with van der Waals surface area (Å²) < 4.78 is 0. The summed E-state index contributed by atoms with van der Waals surface area (Å²) in [6, 6.07) is 5.17. The number of hydrogen-bond donors (Lipinski definition) is 2. The maximum atomic E-state index is 12.6. The predicted molar refractivity (Wildman–Crippen MR) is 92.2 cm³/mol. The Morgan fingerprint density at radius 2 is 2.12 bits per heavy atom. The van der Waals surface area contributed by atoms with Crippen molar-refractivity contribution in [2.45, 2.75) is 6.92 Å². The van der Waals surface area contributed by atoms with E-state index < -0.39 is 0 Å². The van der Waals surface area contributed by atoms with Crippen LogP contribution in [0.5, 0.6) is 0 Å². The fourth-order valence-corrected chi connectivity index (χ4v) is 2.31. The molecule has 6 nitrogen and oxygen atoms in total. The summed E-state index contributed by atoms with van der Waals surface area (Å²) in [5.74, 6) is 0.306. The zero-order valence-electron chi connectivity index (χ0n) is 13.2. The SMILES string of the molecule is CCNc1nccc(C2=C/C(=C(/[O-])c3cccnc3)C(=N)C=C2)n1. The first kappa shape index (κ1) is 15.6. The van der Waals surface area contributed by atoms with Crippen molar-refractivity contribution in [3.63, 3.8) is 0 Å². The molecule has 0 spiro atoms. The topological polar surface area (TPSA) is 97.6 Å². The number of allylic oxidation sites excluding steroid dienone is 5. The molecule has 24 heavy (non-hydrogen) atoms. The summed E-state index contributed by atoms with van der Waals surface area (Å²) >= 11 is 0. The molecule has 0 fully saturated rings. The Hall–Kier alpha value is -3.28. The van der Waals surface area contributed by atoms with Gasteiger partial charge in [-0.05, 0) is 42.3 Å². The molecule has 3 rings (SSSR count). The van der Waals surface area contributed by atoms with Crippen LogP contribution in [0.25, 0.3) is 11.3 Å². The number of pyridine rings is 1. The van der Waals surface area contributed by atoms with Crippen molar-refractivity contribution in [1.82, 2.24) is 15.0 Å². The molecule has 2 N–H and O–H groups in total. The Kier molecular flexibility index (Phi) is 4.47. The van der Waals surface area contributed by atoms with Crippen molar-refractivity contribution in [3.05, 3.63) is 71.8 Å². The van der Waals surface area contributed by atoms with Gasteiger partial charge in [0.2, 0.25) is 5.95 Å². The normalized spacial score (nSPS) is 15.9. The molecular formula is C18H16N5O-.